The summed E-state index contributed by atoms with van der Waals surface area (Å²) >= 11 is 5.60. The van der Waals surface area contributed by atoms with E-state index in [2.05, 4.69) is 5.32 Å². The predicted octanol–water partition coefficient (Wildman–Crippen LogP) is 1.65. The van der Waals surface area contributed by atoms with Crippen LogP contribution in [0.2, 0.25) is 5.02 Å². The number of nitro benzene ring substituents is 1. The molecule has 1 rings (SSSR count). The van der Waals surface area contributed by atoms with Crippen molar-refractivity contribution < 1.29 is 9.72 Å². The molecule has 0 heterocycles. The Hall–Kier alpha value is -1.46. The van der Waals surface area contributed by atoms with Gasteiger partial charge in [-0.25, -0.2) is 0 Å². The molecule has 0 aromatic heterocycles. The van der Waals surface area contributed by atoms with Gasteiger partial charge in [-0.2, -0.15) is 0 Å². The molecule has 0 spiro atoms. The minimum Gasteiger partial charge on any atom is -0.313 e. The number of nitrogens with zero attached hydrogens (tertiary/aromatic N) is 1. The van der Waals surface area contributed by atoms with Crippen LogP contribution in [0, 0.1) is 10.1 Å². The van der Waals surface area contributed by atoms with Crippen molar-refractivity contribution in [2.75, 3.05) is 13.6 Å². The SMILES string of the molecule is CNCC(=O)c1ccc(Cl)c([N+](=O)[O-])c1. The number of halogens is 1. The van der Waals surface area contributed by atoms with Crippen molar-refractivity contribution in [3.63, 3.8) is 0 Å². The Morgan fingerprint density at radius 2 is 2.27 bits per heavy atom. The second kappa shape index (κ2) is 4.86. The molecule has 0 saturated heterocycles. The van der Waals surface area contributed by atoms with Crippen LogP contribution in [0.15, 0.2) is 18.2 Å². The van der Waals surface area contributed by atoms with E-state index in [1.807, 2.05) is 0 Å². The maximum atomic E-state index is 11.4. The van der Waals surface area contributed by atoms with Crippen LogP contribution in [0.5, 0.6) is 0 Å². The van der Waals surface area contributed by atoms with Crippen molar-refractivity contribution in [1.82, 2.24) is 5.32 Å². The van der Waals surface area contributed by atoms with E-state index in [0.29, 0.717) is 0 Å². The lowest BCUT2D eigenvalue weighted by atomic mass is 10.1. The molecule has 0 fully saturated rings. The molecule has 0 aliphatic heterocycles. The number of nitrogens with one attached hydrogen (secondary N) is 1. The Labute approximate surface area is 91.2 Å². The number of hydrogen-bond acceptors (Lipinski definition) is 4. The molecule has 0 radical (unpaired) electrons. The molecule has 1 N–H and O–H groups in total. The smallest absolute Gasteiger partial charge is 0.288 e. The number of carbonyl (C=O) groups is 1. The zero-order valence-corrected chi connectivity index (χ0v) is 8.75. The number of rotatable bonds is 4. The molecule has 1 aromatic carbocycles. The number of hydrogen-bond donors (Lipinski definition) is 1. The van der Waals surface area contributed by atoms with E-state index in [4.69, 9.17) is 11.6 Å². The second-order valence-electron chi connectivity index (χ2n) is 2.88. The van der Waals surface area contributed by atoms with Crippen molar-refractivity contribution in [2.45, 2.75) is 0 Å². The molecule has 0 saturated carbocycles. The maximum absolute atomic E-state index is 11.4. The predicted molar refractivity (Wildman–Crippen MR) is 56.4 cm³/mol. The minimum atomic E-state index is -0.613. The average molecular weight is 229 g/mol. The molecule has 0 amide bonds. The number of carbonyl (C=O) groups excluding carboxylic acids is 1. The third kappa shape index (κ3) is 2.74. The summed E-state index contributed by atoms with van der Waals surface area (Å²) in [5.41, 5.74) is 0.0269. The van der Waals surface area contributed by atoms with Gasteiger partial charge in [-0.15, -0.1) is 0 Å². The summed E-state index contributed by atoms with van der Waals surface area (Å²) in [6.07, 6.45) is 0. The van der Waals surface area contributed by atoms with Crippen LogP contribution < -0.4 is 5.32 Å². The van der Waals surface area contributed by atoms with Gasteiger partial charge >= 0.3 is 0 Å². The lowest BCUT2D eigenvalue weighted by Gasteiger charge is -2.00. The molecular weight excluding hydrogens is 220 g/mol. The molecule has 5 nitrogen and oxygen atoms in total. The first-order chi connectivity index (χ1) is 7.06. The Kier molecular flexibility index (Phi) is 3.76. The summed E-state index contributed by atoms with van der Waals surface area (Å²) < 4.78 is 0. The highest BCUT2D eigenvalue weighted by Crippen LogP contribution is 2.25. The third-order valence-electron chi connectivity index (χ3n) is 1.80. The van der Waals surface area contributed by atoms with E-state index in [-0.39, 0.29) is 28.6 Å². The van der Waals surface area contributed by atoms with Gasteiger partial charge in [0.05, 0.1) is 11.5 Å². The molecular formula is C9H9ClN2O3. The topological polar surface area (TPSA) is 72.2 Å². The average Bonchev–Trinajstić information content (AvgIpc) is 2.18. The highest BCUT2D eigenvalue weighted by Gasteiger charge is 2.15. The summed E-state index contributed by atoms with van der Waals surface area (Å²) in [6.45, 7) is 0.138. The Morgan fingerprint density at radius 1 is 1.60 bits per heavy atom. The largest absolute Gasteiger partial charge is 0.313 e. The first kappa shape index (κ1) is 11.6. The quantitative estimate of drug-likeness (QED) is 0.483. The van der Waals surface area contributed by atoms with Crippen LogP contribution >= 0.6 is 11.6 Å². The van der Waals surface area contributed by atoms with Crippen LogP contribution in [0.25, 0.3) is 0 Å². The molecule has 0 aliphatic rings. The fourth-order valence-electron chi connectivity index (χ4n) is 1.09. The van der Waals surface area contributed by atoms with Crippen molar-refractivity contribution in [3.05, 3.63) is 38.9 Å². The molecule has 0 atom stereocenters. The molecule has 1 aromatic rings. The standard InChI is InChI=1S/C9H9ClN2O3/c1-11-5-9(13)6-2-3-7(10)8(4-6)12(14)15/h2-4,11H,5H2,1H3. The normalized spacial score (nSPS) is 10.0. The Morgan fingerprint density at radius 3 is 2.80 bits per heavy atom. The zero-order valence-electron chi connectivity index (χ0n) is 7.99. The van der Waals surface area contributed by atoms with Gasteiger partial charge in [0.25, 0.3) is 5.69 Å². The summed E-state index contributed by atoms with van der Waals surface area (Å²) in [6, 6.07) is 4.00. The molecule has 6 heteroatoms. The first-order valence-corrected chi connectivity index (χ1v) is 4.55. The van der Waals surface area contributed by atoms with Gasteiger partial charge in [0.15, 0.2) is 5.78 Å². The number of ketones is 1. The van der Waals surface area contributed by atoms with Crippen LogP contribution in [0.4, 0.5) is 5.69 Å². The summed E-state index contributed by atoms with van der Waals surface area (Å²) in [5, 5.41) is 13.3. The van der Waals surface area contributed by atoms with Gasteiger partial charge in [0.1, 0.15) is 5.02 Å². The van der Waals surface area contributed by atoms with Gasteiger partial charge in [0.2, 0.25) is 0 Å². The van der Waals surface area contributed by atoms with Crippen molar-refractivity contribution >= 4 is 23.1 Å². The van der Waals surface area contributed by atoms with Crippen LogP contribution in [-0.4, -0.2) is 24.3 Å². The number of benzene rings is 1. The lowest BCUT2D eigenvalue weighted by Crippen LogP contribution is -2.18. The van der Waals surface area contributed by atoms with Crippen molar-refractivity contribution in [1.29, 1.82) is 0 Å². The highest BCUT2D eigenvalue weighted by atomic mass is 35.5. The number of Topliss-reactive ketones (excluding diaryl/α,β-unsaturated/α-hetero) is 1. The van der Waals surface area contributed by atoms with Gasteiger partial charge in [-0.1, -0.05) is 11.6 Å². The van der Waals surface area contributed by atoms with E-state index < -0.39 is 4.92 Å². The van der Waals surface area contributed by atoms with Crippen molar-refractivity contribution in [3.8, 4) is 0 Å². The number of likely N-dealkylation sites (N-methyl/N-ethyl adjacent to an activating group) is 1. The molecule has 0 bridgehead atoms. The fraction of sp³-hybridized carbons (Fsp3) is 0.222. The van der Waals surface area contributed by atoms with Crippen LogP contribution in [-0.2, 0) is 0 Å². The van der Waals surface area contributed by atoms with Gasteiger partial charge in [0, 0.05) is 11.6 Å². The van der Waals surface area contributed by atoms with Crippen LogP contribution in [0.1, 0.15) is 10.4 Å². The Balaban J connectivity index is 3.07. The van der Waals surface area contributed by atoms with E-state index in [9.17, 15) is 14.9 Å². The molecule has 0 aliphatic carbocycles. The first-order valence-electron chi connectivity index (χ1n) is 4.18. The third-order valence-corrected chi connectivity index (χ3v) is 2.12. The molecule has 0 unspecified atom stereocenters. The van der Waals surface area contributed by atoms with Crippen molar-refractivity contribution in [2.24, 2.45) is 0 Å². The van der Waals surface area contributed by atoms with Gasteiger partial charge in [-0.3, -0.25) is 14.9 Å². The van der Waals surface area contributed by atoms with E-state index >= 15 is 0 Å². The van der Waals surface area contributed by atoms with E-state index in [0.717, 1.165) is 0 Å². The fourth-order valence-corrected chi connectivity index (χ4v) is 1.28. The molecule has 80 valence electrons. The summed E-state index contributed by atoms with van der Waals surface area (Å²) in [5.74, 6) is -0.211. The highest BCUT2D eigenvalue weighted by molar-refractivity contribution is 6.32. The zero-order chi connectivity index (χ0) is 11.4. The second-order valence-corrected chi connectivity index (χ2v) is 3.28. The van der Waals surface area contributed by atoms with Gasteiger partial charge < -0.3 is 5.32 Å². The maximum Gasteiger partial charge on any atom is 0.288 e. The van der Waals surface area contributed by atoms with E-state index in [1.54, 1.807) is 7.05 Å². The van der Waals surface area contributed by atoms with E-state index in [1.165, 1.54) is 18.2 Å². The summed E-state index contributed by atoms with van der Waals surface area (Å²) in [7, 11) is 1.63. The van der Waals surface area contributed by atoms with Crippen LogP contribution in [0.3, 0.4) is 0 Å². The lowest BCUT2D eigenvalue weighted by molar-refractivity contribution is -0.384. The minimum absolute atomic E-state index is 0.0287. The molecule has 15 heavy (non-hydrogen) atoms. The monoisotopic (exact) mass is 228 g/mol. The number of nitro groups is 1. The van der Waals surface area contributed by atoms with Gasteiger partial charge in [-0.05, 0) is 19.2 Å². The Bertz CT molecular complexity index is 406. The summed E-state index contributed by atoms with van der Waals surface area (Å²) in [4.78, 5) is 21.3.